The largest absolute Gasteiger partial charge is 0.382 e. The Hall–Kier alpha value is -3.53. The molecule has 2 N–H and O–H groups in total. The molecule has 8 nitrogen and oxygen atoms in total. The quantitative estimate of drug-likeness (QED) is 0.434. The van der Waals surface area contributed by atoms with Crippen molar-refractivity contribution in [3.63, 3.8) is 0 Å². The van der Waals surface area contributed by atoms with Crippen molar-refractivity contribution < 1.29 is 14.0 Å². The second-order valence-corrected chi connectivity index (χ2v) is 8.31. The van der Waals surface area contributed by atoms with E-state index in [0.29, 0.717) is 32.4 Å². The summed E-state index contributed by atoms with van der Waals surface area (Å²) in [4.78, 5) is 34.2. The Balaban J connectivity index is 1.80. The molecule has 0 spiro atoms. The summed E-state index contributed by atoms with van der Waals surface area (Å²) in [6, 6.07) is 9.51. The molecule has 32 heavy (non-hydrogen) atoms. The molecule has 0 saturated heterocycles. The summed E-state index contributed by atoms with van der Waals surface area (Å²) in [5.41, 5.74) is 9.27. The maximum absolute atomic E-state index is 14.5. The summed E-state index contributed by atoms with van der Waals surface area (Å²) >= 11 is 3.22. The van der Waals surface area contributed by atoms with Gasteiger partial charge in [-0.1, -0.05) is 22.0 Å². The third-order valence-electron chi connectivity index (χ3n) is 5.30. The zero-order chi connectivity index (χ0) is 23.2. The number of fused-ring (bicyclic) bond motifs is 3. The Bertz CT molecular complexity index is 1390. The lowest BCUT2D eigenvalue weighted by Gasteiger charge is -2.31. The molecular formula is C22H20BrFN6O2. The summed E-state index contributed by atoms with van der Waals surface area (Å²) in [5, 5.41) is 2.38. The molecule has 0 saturated carbocycles. The lowest BCUT2D eigenvalue weighted by Crippen LogP contribution is -2.46. The topological polar surface area (TPSA) is 96.8 Å². The van der Waals surface area contributed by atoms with E-state index >= 15 is 0 Å². The van der Waals surface area contributed by atoms with Crippen molar-refractivity contribution in [2.24, 2.45) is 0 Å². The molecule has 10 heteroatoms. The van der Waals surface area contributed by atoms with Crippen molar-refractivity contribution in [2.75, 3.05) is 12.8 Å². The van der Waals surface area contributed by atoms with E-state index in [1.54, 1.807) is 41.1 Å². The third kappa shape index (κ3) is 3.77. The molecule has 0 bridgehead atoms. The van der Waals surface area contributed by atoms with Crippen molar-refractivity contribution in [1.29, 1.82) is 0 Å². The van der Waals surface area contributed by atoms with Gasteiger partial charge in [-0.2, -0.15) is 0 Å². The first kappa shape index (κ1) is 21.7. The number of hydrogen-bond donors (Lipinski definition) is 1. The van der Waals surface area contributed by atoms with E-state index in [0.717, 1.165) is 5.69 Å². The van der Waals surface area contributed by atoms with Crippen molar-refractivity contribution in [3.05, 3.63) is 69.8 Å². The van der Waals surface area contributed by atoms with Gasteiger partial charge in [0.15, 0.2) is 0 Å². The first-order chi connectivity index (χ1) is 15.2. The highest BCUT2D eigenvalue weighted by molar-refractivity contribution is 9.10. The molecule has 164 valence electrons. The molecule has 0 aliphatic rings. The smallest absolute Gasteiger partial charge is 0.272 e. The lowest BCUT2D eigenvalue weighted by molar-refractivity contribution is -0.140. The molecule has 4 aromatic rings. The Kier molecular flexibility index (Phi) is 5.55. The fourth-order valence-corrected chi connectivity index (χ4v) is 3.83. The van der Waals surface area contributed by atoms with E-state index in [9.17, 15) is 14.0 Å². The highest BCUT2D eigenvalue weighted by Crippen LogP contribution is 2.24. The standard InChI is InChI=1S/C22H20BrFN6O2/c1-12-20-21(25)27-18-7-5-14(8-19(18)29(20)11-26-12)22(32)30(28(3)13(2)31)10-15-4-6-16(23)9-17(15)24/h4-9,11H,10H2,1-3H3,(H2,25,27). The normalized spacial score (nSPS) is 11.2. The molecule has 2 aromatic heterocycles. The van der Waals surface area contributed by atoms with Crippen LogP contribution < -0.4 is 5.73 Å². The van der Waals surface area contributed by atoms with E-state index in [2.05, 4.69) is 25.9 Å². The summed E-state index contributed by atoms with van der Waals surface area (Å²) in [6.45, 7) is 3.04. The number of hydrazine groups is 1. The van der Waals surface area contributed by atoms with Crippen molar-refractivity contribution >= 4 is 50.1 Å². The van der Waals surface area contributed by atoms with Gasteiger partial charge in [0.25, 0.3) is 5.91 Å². The van der Waals surface area contributed by atoms with Crippen LogP contribution in [-0.4, -0.2) is 43.2 Å². The van der Waals surface area contributed by atoms with Gasteiger partial charge in [-0.15, -0.1) is 0 Å². The Morgan fingerprint density at radius 1 is 1.22 bits per heavy atom. The van der Waals surface area contributed by atoms with Crippen LogP contribution in [0.5, 0.6) is 0 Å². The maximum atomic E-state index is 14.5. The predicted octanol–water partition coefficient (Wildman–Crippen LogP) is 3.71. The van der Waals surface area contributed by atoms with Crippen molar-refractivity contribution in [2.45, 2.75) is 20.4 Å². The minimum Gasteiger partial charge on any atom is -0.382 e. The Morgan fingerprint density at radius 3 is 2.66 bits per heavy atom. The average molecular weight is 499 g/mol. The Labute approximate surface area is 191 Å². The number of aromatic nitrogens is 3. The minimum absolute atomic E-state index is 0.119. The van der Waals surface area contributed by atoms with Crippen LogP contribution in [0.15, 0.2) is 47.2 Å². The van der Waals surface area contributed by atoms with Gasteiger partial charge in [0.05, 0.1) is 23.3 Å². The molecule has 0 fully saturated rings. The molecule has 0 radical (unpaired) electrons. The summed E-state index contributed by atoms with van der Waals surface area (Å²) in [7, 11) is 1.47. The number of nitrogens with zero attached hydrogens (tertiary/aromatic N) is 5. The number of rotatable bonds is 3. The molecule has 0 atom stereocenters. The molecule has 0 unspecified atom stereocenters. The molecule has 2 amide bonds. The van der Waals surface area contributed by atoms with Crippen LogP contribution in [-0.2, 0) is 11.3 Å². The van der Waals surface area contributed by atoms with E-state index in [-0.39, 0.29) is 18.0 Å². The number of nitrogens with two attached hydrogens (primary N) is 1. The summed E-state index contributed by atoms with van der Waals surface area (Å²) < 4.78 is 16.8. The predicted molar refractivity (Wildman–Crippen MR) is 122 cm³/mol. The highest BCUT2D eigenvalue weighted by atomic mass is 79.9. The van der Waals surface area contributed by atoms with Gasteiger partial charge < -0.3 is 5.73 Å². The first-order valence-corrected chi connectivity index (χ1v) is 10.5. The number of benzene rings is 2. The first-order valence-electron chi connectivity index (χ1n) is 9.70. The molecular weight excluding hydrogens is 479 g/mol. The number of hydrogen-bond acceptors (Lipinski definition) is 5. The average Bonchev–Trinajstić information content (AvgIpc) is 3.14. The third-order valence-corrected chi connectivity index (χ3v) is 5.80. The number of carbonyl (C=O) groups is 2. The maximum Gasteiger partial charge on any atom is 0.272 e. The zero-order valence-corrected chi connectivity index (χ0v) is 19.2. The second-order valence-electron chi connectivity index (χ2n) is 7.39. The SMILES string of the molecule is CC(=O)N(C)N(Cc1ccc(Br)cc1F)C(=O)c1ccc2nc(N)c3c(C)ncn3c2c1. The van der Waals surface area contributed by atoms with Gasteiger partial charge in [0, 0.05) is 29.6 Å². The van der Waals surface area contributed by atoms with E-state index in [1.165, 1.54) is 30.1 Å². The van der Waals surface area contributed by atoms with Crippen molar-refractivity contribution in [1.82, 2.24) is 24.4 Å². The number of carbonyl (C=O) groups excluding carboxylic acids is 2. The van der Waals surface area contributed by atoms with Gasteiger partial charge in [0.1, 0.15) is 23.5 Å². The molecule has 2 aromatic carbocycles. The van der Waals surface area contributed by atoms with Crippen molar-refractivity contribution in [3.8, 4) is 0 Å². The molecule has 4 rings (SSSR count). The fraction of sp³-hybridized carbons (Fsp3) is 0.182. The summed E-state index contributed by atoms with van der Waals surface area (Å²) in [6.07, 6.45) is 1.62. The van der Waals surface area contributed by atoms with Crippen LogP contribution in [0.1, 0.15) is 28.5 Å². The van der Waals surface area contributed by atoms with Gasteiger partial charge in [-0.05, 0) is 37.3 Å². The van der Waals surface area contributed by atoms with Gasteiger partial charge in [-0.3, -0.25) is 19.0 Å². The van der Waals surface area contributed by atoms with Gasteiger partial charge >= 0.3 is 0 Å². The number of aryl methyl sites for hydroxylation is 1. The van der Waals surface area contributed by atoms with E-state index < -0.39 is 11.7 Å². The highest BCUT2D eigenvalue weighted by Gasteiger charge is 2.24. The number of halogens is 2. The van der Waals surface area contributed by atoms with E-state index in [4.69, 9.17) is 5.73 Å². The molecule has 2 heterocycles. The van der Waals surface area contributed by atoms with Crippen LogP contribution in [0.4, 0.5) is 10.2 Å². The number of amides is 2. The van der Waals surface area contributed by atoms with Gasteiger partial charge in [0.2, 0.25) is 5.91 Å². The fourth-order valence-electron chi connectivity index (χ4n) is 3.50. The van der Waals surface area contributed by atoms with Crippen LogP contribution in [0, 0.1) is 12.7 Å². The number of imidazole rings is 1. The minimum atomic E-state index is -0.483. The number of anilines is 1. The summed E-state index contributed by atoms with van der Waals surface area (Å²) in [5.74, 6) is -0.967. The lowest BCUT2D eigenvalue weighted by atomic mass is 10.1. The molecule has 0 aliphatic carbocycles. The van der Waals surface area contributed by atoms with E-state index in [1.807, 2.05) is 6.92 Å². The van der Waals surface area contributed by atoms with Crippen LogP contribution in [0.25, 0.3) is 16.6 Å². The zero-order valence-electron chi connectivity index (χ0n) is 17.6. The number of nitrogen functional groups attached to an aromatic ring is 1. The monoisotopic (exact) mass is 498 g/mol. The Morgan fingerprint density at radius 2 is 1.97 bits per heavy atom. The van der Waals surface area contributed by atoms with Crippen LogP contribution in [0.3, 0.4) is 0 Å². The van der Waals surface area contributed by atoms with Crippen LogP contribution in [0.2, 0.25) is 0 Å². The van der Waals surface area contributed by atoms with Crippen LogP contribution >= 0.6 is 15.9 Å². The molecule has 0 aliphatic heterocycles. The second kappa shape index (κ2) is 8.19. The van der Waals surface area contributed by atoms with Gasteiger partial charge in [-0.25, -0.2) is 19.4 Å².